The summed E-state index contributed by atoms with van der Waals surface area (Å²) in [4.78, 5) is 21.4. The van der Waals surface area contributed by atoms with Gasteiger partial charge in [0.25, 0.3) is 0 Å². The first-order valence-electron chi connectivity index (χ1n) is 18.9. The molecule has 0 aliphatic carbocycles. The Hall–Kier alpha value is -3.21. The van der Waals surface area contributed by atoms with Crippen LogP contribution in [0.4, 0.5) is 17.8 Å². The summed E-state index contributed by atoms with van der Waals surface area (Å²) in [6.07, 6.45) is 5.70. The van der Waals surface area contributed by atoms with Gasteiger partial charge >= 0.3 is 0 Å². The van der Waals surface area contributed by atoms with Crippen LogP contribution in [-0.4, -0.2) is 156 Å². The third kappa shape index (κ3) is 19.3. The fourth-order valence-electron chi connectivity index (χ4n) is 5.17. The number of aromatic nitrogens is 3. The molecule has 0 bridgehead atoms. The highest BCUT2D eigenvalue weighted by Gasteiger charge is 2.18. The number of benzene rings is 1. The molecule has 0 unspecified atom stereocenters. The maximum atomic E-state index is 6.16. The molecule has 0 saturated heterocycles. The maximum Gasteiger partial charge on any atom is 0.232 e. The first-order valence-corrected chi connectivity index (χ1v) is 18.9. The monoisotopic (exact) mass is 719 g/mol. The Kier molecular flexibility index (Phi) is 24.5. The molecule has 2 rings (SSSR count). The lowest BCUT2D eigenvalue weighted by Crippen LogP contribution is -2.37. The van der Waals surface area contributed by atoms with Gasteiger partial charge in [-0.3, -0.25) is 0 Å². The second-order valence-corrected chi connectivity index (χ2v) is 12.6. The predicted octanol–water partition coefficient (Wildman–Crippen LogP) is 1.41. The molecule has 2 aromatic rings. The van der Waals surface area contributed by atoms with Gasteiger partial charge in [-0.1, -0.05) is 0 Å². The second kappa shape index (κ2) is 28.4. The topological polar surface area (TPSA) is 148 Å². The van der Waals surface area contributed by atoms with Crippen molar-refractivity contribution in [1.82, 2.24) is 46.9 Å². The zero-order chi connectivity index (χ0) is 36.9. The van der Waals surface area contributed by atoms with Crippen molar-refractivity contribution in [3.8, 4) is 17.2 Å². The van der Waals surface area contributed by atoms with Gasteiger partial charge in [-0.15, -0.1) is 0 Å². The SMILES string of the molecule is CNCCCOc1cc(OCCCNC)cc(OCCCNCCN(CCCNC)c2nc(N(C)CCCNC)nc(N(C)CCCNC)n2)c1. The molecular formula is C36H70N12O3. The molecule has 15 heteroatoms. The Morgan fingerprint density at radius 3 is 1.25 bits per heavy atom. The van der Waals surface area contributed by atoms with Crippen LogP contribution in [0.1, 0.15) is 38.5 Å². The quantitative estimate of drug-likeness (QED) is 0.0591. The molecule has 0 aliphatic rings. The lowest BCUT2D eigenvalue weighted by atomic mass is 10.3. The first-order chi connectivity index (χ1) is 24.9. The third-order valence-electron chi connectivity index (χ3n) is 8.12. The Balaban J connectivity index is 2.01. The standard InChI is InChI=1S/C36H70N12O3/c1-37-14-8-21-46(6)34-43-35(47(7)22-9-15-38-2)45-36(44-34)48(23-10-16-39-3)24-20-42-19-13-27-51-33-29-31(49-25-11-17-40-4)28-32(30-33)50-26-12-18-41-5/h28-30,37-42H,8-27H2,1-7H3. The van der Waals surface area contributed by atoms with Crippen molar-refractivity contribution in [3.63, 3.8) is 0 Å². The minimum absolute atomic E-state index is 0.585. The van der Waals surface area contributed by atoms with E-state index in [0.29, 0.717) is 37.7 Å². The van der Waals surface area contributed by atoms with E-state index in [9.17, 15) is 0 Å². The summed E-state index contributed by atoms with van der Waals surface area (Å²) in [5.74, 6) is 4.41. The number of ether oxygens (including phenoxy) is 3. The molecule has 51 heavy (non-hydrogen) atoms. The number of hydrogen-bond acceptors (Lipinski definition) is 15. The van der Waals surface area contributed by atoms with Gasteiger partial charge in [-0.2, -0.15) is 15.0 Å². The molecule has 15 nitrogen and oxygen atoms in total. The molecule has 0 aliphatic heterocycles. The van der Waals surface area contributed by atoms with Gasteiger partial charge in [-0.25, -0.2) is 0 Å². The van der Waals surface area contributed by atoms with Crippen molar-refractivity contribution in [2.45, 2.75) is 38.5 Å². The Morgan fingerprint density at radius 2 is 0.824 bits per heavy atom. The van der Waals surface area contributed by atoms with E-state index in [0.717, 1.165) is 128 Å². The molecule has 0 fully saturated rings. The van der Waals surface area contributed by atoms with Crippen LogP contribution in [0.15, 0.2) is 18.2 Å². The van der Waals surface area contributed by atoms with Gasteiger partial charge in [0.2, 0.25) is 17.8 Å². The lowest BCUT2D eigenvalue weighted by Gasteiger charge is -2.27. The molecule has 6 N–H and O–H groups in total. The van der Waals surface area contributed by atoms with Gasteiger partial charge in [-0.05, 0) is 113 Å². The minimum atomic E-state index is 0.585. The summed E-state index contributed by atoms with van der Waals surface area (Å²) in [5.41, 5.74) is 0. The molecule has 292 valence electrons. The normalized spacial score (nSPS) is 11.1. The zero-order valence-corrected chi connectivity index (χ0v) is 32.8. The van der Waals surface area contributed by atoms with Crippen LogP contribution in [0.2, 0.25) is 0 Å². The van der Waals surface area contributed by atoms with E-state index in [1.807, 2.05) is 53.4 Å². The van der Waals surface area contributed by atoms with Crippen molar-refractivity contribution >= 4 is 17.8 Å². The number of anilines is 3. The van der Waals surface area contributed by atoms with Crippen LogP contribution in [0.5, 0.6) is 17.2 Å². The molecule has 0 radical (unpaired) electrons. The fraction of sp³-hybridized carbons (Fsp3) is 0.750. The second-order valence-electron chi connectivity index (χ2n) is 12.6. The van der Waals surface area contributed by atoms with Crippen molar-refractivity contribution in [2.75, 3.05) is 156 Å². The van der Waals surface area contributed by atoms with Crippen molar-refractivity contribution in [2.24, 2.45) is 0 Å². The Bertz CT molecular complexity index is 1080. The molecule has 0 amide bonds. The van der Waals surface area contributed by atoms with Crippen molar-refractivity contribution in [3.05, 3.63) is 18.2 Å². The van der Waals surface area contributed by atoms with Crippen LogP contribution in [0.3, 0.4) is 0 Å². The van der Waals surface area contributed by atoms with Gasteiger partial charge in [0.15, 0.2) is 0 Å². The Labute approximate surface area is 308 Å². The van der Waals surface area contributed by atoms with E-state index < -0.39 is 0 Å². The number of rotatable bonds is 33. The van der Waals surface area contributed by atoms with Crippen molar-refractivity contribution < 1.29 is 14.2 Å². The van der Waals surface area contributed by atoms with Gasteiger partial charge in [0.05, 0.1) is 19.8 Å². The van der Waals surface area contributed by atoms with Gasteiger partial charge in [0.1, 0.15) is 17.2 Å². The summed E-state index contributed by atoms with van der Waals surface area (Å²) < 4.78 is 18.2. The summed E-state index contributed by atoms with van der Waals surface area (Å²) in [6, 6.07) is 5.84. The molecule has 1 heterocycles. The fourth-order valence-corrected chi connectivity index (χ4v) is 5.17. The molecule has 0 atom stereocenters. The molecule has 1 aromatic heterocycles. The maximum absolute atomic E-state index is 6.16. The highest BCUT2D eigenvalue weighted by atomic mass is 16.5. The summed E-state index contributed by atoms with van der Waals surface area (Å²) in [5, 5.41) is 19.6. The van der Waals surface area contributed by atoms with Crippen LogP contribution >= 0.6 is 0 Å². The van der Waals surface area contributed by atoms with E-state index >= 15 is 0 Å². The highest BCUT2D eigenvalue weighted by molar-refractivity contribution is 5.46. The predicted molar refractivity (Wildman–Crippen MR) is 212 cm³/mol. The van der Waals surface area contributed by atoms with Gasteiger partial charge < -0.3 is 60.8 Å². The zero-order valence-electron chi connectivity index (χ0n) is 32.8. The van der Waals surface area contributed by atoms with Crippen LogP contribution in [0.25, 0.3) is 0 Å². The van der Waals surface area contributed by atoms with Crippen LogP contribution in [-0.2, 0) is 0 Å². The van der Waals surface area contributed by atoms with Crippen LogP contribution < -0.4 is 60.8 Å². The molecule has 0 spiro atoms. The van der Waals surface area contributed by atoms with Crippen molar-refractivity contribution in [1.29, 1.82) is 0 Å². The van der Waals surface area contributed by atoms with Crippen LogP contribution in [0, 0.1) is 0 Å². The Morgan fingerprint density at radius 1 is 0.451 bits per heavy atom. The first kappa shape index (κ1) is 44.0. The average molecular weight is 719 g/mol. The van der Waals surface area contributed by atoms with E-state index in [2.05, 4.69) is 60.7 Å². The highest BCUT2D eigenvalue weighted by Crippen LogP contribution is 2.28. The number of hydrogen-bond donors (Lipinski definition) is 6. The summed E-state index contributed by atoms with van der Waals surface area (Å²) >= 11 is 0. The minimum Gasteiger partial charge on any atom is -0.493 e. The molecule has 1 aromatic carbocycles. The van der Waals surface area contributed by atoms with E-state index in [4.69, 9.17) is 29.2 Å². The van der Waals surface area contributed by atoms with E-state index in [-0.39, 0.29) is 0 Å². The van der Waals surface area contributed by atoms with E-state index in [1.165, 1.54) is 0 Å². The summed E-state index contributed by atoms with van der Waals surface area (Å²) in [6.45, 7) is 11.4. The average Bonchev–Trinajstić information content (AvgIpc) is 3.14. The number of nitrogens with zero attached hydrogens (tertiary/aromatic N) is 6. The number of nitrogens with one attached hydrogen (secondary N) is 6. The lowest BCUT2D eigenvalue weighted by molar-refractivity contribution is 0.280. The molecular weight excluding hydrogens is 648 g/mol. The van der Waals surface area contributed by atoms with E-state index in [1.54, 1.807) is 0 Å². The third-order valence-corrected chi connectivity index (χ3v) is 8.12. The summed E-state index contributed by atoms with van der Waals surface area (Å²) in [7, 11) is 14.0. The van der Waals surface area contributed by atoms with Gasteiger partial charge in [0, 0.05) is 65.0 Å². The smallest absolute Gasteiger partial charge is 0.232 e. The largest absolute Gasteiger partial charge is 0.493 e. The molecule has 0 saturated carbocycles.